The molecule has 0 N–H and O–H groups in total. The fraction of sp³-hybridized carbons (Fsp3) is 0.750. The van der Waals surface area contributed by atoms with Gasteiger partial charge in [0.05, 0.1) is 12.0 Å². The first-order chi connectivity index (χ1) is 4.35. The largest absolute Gasteiger partial charge is 0.198 e. The number of unbranched alkanes of at least 4 members (excludes halogenated alkanes) is 1. The van der Waals surface area contributed by atoms with Crippen molar-refractivity contribution in [2.45, 2.75) is 39.5 Å². The average molecular weight is 124 g/mol. The Morgan fingerprint density at radius 3 is 2.44 bits per heavy atom. The summed E-state index contributed by atoms with van der Waals surface area (Å²) in [5, 5.41) is 8.47. The summed E-state index contributed by atoms with van der Waals surface area (Å²) >= 11 is 0. The molecule has 0 saturated heterocycles. The summed E-state index contributed by atoms with van der Waals surface area (Å²) < 4.78 is 0. The highest BCUT2D eigenvalue weighted by atomic mass is 14.3. The third-order valence-corrected chi connectivity index (χ3v) is 1.42. The van der Waals surface area contributed by atoms with Crippen LogP contribution in [-0.2, 0) is 0 Å². The summed E-state index contributed by atoms with van der Waals surface area (Å²) in [6.07, 6.45) is 4.28. The summed E-state index contributed by atoms with van der Waals surface area (Å²) in [6, 6.07) is 2.20. The van der Waals surface area contributed by atoms with Gasteiger partial charge in [0, 0.05) is 0 Å². The fourth-order valence-electron chi connectivity index (χ4n) is 0.702. The van der Waals surface area contributed by atoms with E-state index >= 15 is 0 Å². The lowest BCUT2D eigenvalue weighted by Crippen LogP contribution is -1.90. The van der Waals surface area contributed by atoms with Crippen molar-refractivity contribution in [1.82, 2.24) is 0 Å². The Morgan fingerprint density at radius 1 is 1.44 bits per heavy atom. The number of nitrogens with zero attached hydrogens (tertiary/aromatic N) is 1. The van der Waals surface area contributed by atoms with E-state index in [-0.39, 0.29) is 0 Å². The van der Waals surface area contributed by atoms with Crippen molar-refractivity contribution in [1.29, 1.82) is 5.26 Å². The molecule has 0 saturated carbocycles. The highest BCUT2D eigenvalue weighted by molar-refractivity contribution is 5.09. The normalized spacial score (nSPS) is 9.56. The van der Waals surface area contributed by atoms with Gasteiger partial charge in [0.2, 0.25) is 0 Å². The van der Waals surface area contributed by atoms with Gasteiger partial charge in [-0.25, -0.2) is 0 Å². The van der Waals surface area contributed by atoms with Gasteiger partial charge in [-0.2, -0.15) is 5.26 Å². The van der Waals surface area contributed by atoms with Crippen LogP contribution in [0.25, 0.3) is 0 Å². The minimum Gasteiger partial charge on any atom is -0.198 e. The first kappa shape index (κ1) is 8.49. The zero-order valence-corrected chi connectivity index (χ0v) is 6.28. The highest BCUT2D eigenvalue weighted by Crippen LogP contribution is 2.12. The lowest BCUT2D eigenvalue weighted by molar-refractivity contribution is 0.723. The van der Waals surface area contributed by atoms with Crippen molar-refractivity contribution in [3.8, 4) is 6.07 Å². The molecule has 1 heteroatoms. The summed E-state index contributed by atoms with van der Waals surface area (Å²) in [5.41, 5.74) is 0. The van der Waals surface area contributed by atoms with E-state index in [0.717, 1.165) is 25.2 Å². The SMILES string of the molecule is CCCC[C](C#N)CC. The highest BCUT2D eigenvalue weighted by Gasteiger charge is 2.02. The van der Waals surface area contributed by atoms with Crippen molar-refractivity contribution in [2.75, 3.05) is 0 Å². The molecule has 0 heterocycles. The molecule has 0 amide bonds. The molecular formula is C8H14N. The van der Waals surface area contributed by atoms with Gasteiger partial charge >= 0.3 is 0 Å². The minimum absolute atomic E-state index is 0.927. The molecule has 1 radical (unpaired) electrons. The molecule has 0 rings (SSSR count). The number of hydrogen-bond acceptors (Lipinski definition) is 1. The summed E-state index contributed by atoms with van der Waals surface area (Å²) in [4.78, 5) is 0. The first-order valence-corrected chi connectivity index (χ1v) is 3.59. The Kier molecular flexibility index (Phi) is 5.30. The Balaban J connectivity index is 3.23. The van der Waals surface area contributed by atoms with Gasteiger partial charge in [0.1, 0.15) is 0 Å². The molecule has 0 aromatic rings. The van der Waals surface area contributed by atoms with E-state index < -0.39 is 0 Å². The first-order valence-electron chi connectivity index (χ1n) is 3.59. The van der Waals surface area contributed by atoms with Gasteiger partial charge in [-0.1, -0.05) is 26.7 Å². The monoisotopic (exact) mass is 124 g/mol. The van der Waals surface area contributed by atoms with Crippen molar-refractivity contribution >= 4 is 0 Å². The number of hydrogen-bond donors (Lipinski definition) is 0. The number of nitriles is 1. The molecule has 0 unspecified atom stereocenters. The molecule has 0 fully saturated rings. The van der Waals surface area contributed by atoms with Crippen LogP contribution < -0.4 is 0 Å². The molecule has 0 aliphatic rings. The smallest absolute Gasteiger partial charge is 0.0757 e. The van der Waals surface area contributed by atoms with E-state index in [0.29, 0.717) is 0 Å². The van der Waals surface area contributed by atoms with E-state index in [9.17, 15) is 0 Å². The standard InChI is InChI=1S/C8H14N/c1-3-5-6-8(4-2)7-9/h3-6H2,1-2H3. The molecule has 9 heavy (non-hydrogen) atoms. The Morgan fingerprint density at radius 2 is 2.11 bits per heavy atom. The van der Waals surface area contributed by atoms with Gasteiger partial charge < -0.3 is 0 Å². The fourth-order valence-corrected chi connectivity index (χ4v) is 0.702. The Labute approximate surface area is 57.7 Å². The molecule has 0 bridgehead atoms. The predicted molar refractivity (Wildman–Crippen MR) is 38.7 cm³/mol. The Bertz CT molecular complexity index is 91.2. The minimum atomic E-state index is 0.927. The molecule has 1 nitrogen and oxygen atoms in total. The van der Waals surface area contributed by atoms with Crippen LogP contribution in [0.4, 0.5) is 0 Å². The van der Waals surface area contributed by atoms with Crippen molar-refractivity contribution in [2.24, 2.45) is 0 Å². The third-order valence-electron chi connectivity index (χ3n) is 1.42. The van der Waals surface area contributed by atoms with E-state index in [1.54, 1.807) is 0 Å². The lowest BCUT2D eigenvalue weighted by Gasteiger charge is -2.00. The summed E-state index contributed by atoms with van der Waals surface area (Å²) in [6.45, 7) is 4.18. The second kappa shape index (κ2) is 5.62. The van der Waals surface area contributed by atoms with Gasteiger partial charge in [-0.3, -0.25) is 0 Å². The molecule has 0 aromatic carbocycles. The van der Waals surface area contributed by atoms with Crippen LogP contribution in [0.1, 0.15) is 39.5 Å². The van der Waals surface area contributed by atoms with Gasteiger partial charge in [0.25, 0.3) is 0 Å². The topological polar surface area (TPSA) is 23.8 Å². The zero-order chi connectivity index (χ0) is 7.11. The summed E-state index contributed by atoms with van der Waals surface area (Å²) in [5.74, 6) is 1.04. The van der Waals surface area contributed by atoms with Crippen LogP contribution in [0.2, 0.25) is 0 Å². The third kappa shape index (κ3) is 4.02. The second-order valence-electron chi connectivity index (χ2n) is 2.17. The van der Waals surface area contributed by atoms with Crippen molar-refractivity contribution < 1.29 is 0 Å². The molecule has 0 aliphatic carbocycles. The quantitative estimate of drug-likeness (QED) is 0.565. The van der Waals surface area contributed by atoms with Crippen LogP contribution >= 0.6 is 0 Å². The average Bonchev–Trinajstić information content (AvgIpc) is 1.91. The number of rotatable bonds is 4. The van der Waals surface area contributed by atoms with E-state index in [4.69, 9.17) is 5.26 Å². The molecular weight excluding hydrogens is 110 g/mol. The van der Waals surface area contributed by atoms with Crippen LogP contribution in [0.15, 0.2) is 0 Å². The van der Waals surface area contributed by atoms with Crippen LogP contribution in [0.3, 0.4) is 0 Å². The van der Waals surface area contributed by atoms with Crippen molar-refractivity contribution in [3.05, 3.63) is 5.92 Å². The second-order valence-corrected chi connectivity index (χ2v) is 2.17. The van der Waals surface area contributed by atoms with Crippen LogP contribution in [-0.4, -0.2) is 0 Å². The predicted octanol–water partition coefficient (Wildman–Crippen LogP) is 2.68. The van der Waals surface area contributed by atoms with Gasteiger partial charge in [-0.15, -0.1) is 0 Å². The maximum atomic E-state index is 8.47. The maximum Gasteiger partial charge on any atom is 0.0757 e. The molecule has 0 aromatic heterocycles. The van der Waals surface area contributed by atoms with E-state index in [2.05, 4.69) is 13.0 Å². The molecule has 0 spiro atoms. The van der Waals surface area contributed by atoms with Crippen LogP contribution in [0.5, 0.6) is 0 Å². The van der Waals surface area contributed by atoms with Crippen molar-refractivity contribution in [3.63, 3.8) is 0 Å². The molecule has 0 atom stereocenters. The van der Waals surface area contributed by atoms with E-state index in [1.165, 1.54) is 6.42 Å². The van der Waals surface area contributed by atoms with Gasteiger partial charge in [0.15, 0.2) is 0 Å². The lowest BCUT2D eigenvalue weighted by atomic mass is 10.0. The molecule has 51 valence electrons. The van der Waals surface area contributed by atoms with Crippen LogP contribution in [0, 0.1) is 17.2 Å². The summed E-state index contributed by atoms with van der Waals surface area (Å²) in [7, 11) is 0. The maximum absolute atomic E-state index is 8.47. The van der Waals surface area contributed by atoms with E-state index in [1.807, 2.05) is 6.92 Å². The zero-order valence-electron chi connectivity index (χ0n) is 6.28. The molecule has 0 aliphatic heterocycles. The van der Waals surface area contributed by atoms with Gasteiger partial charge in [-0.05, 0) is 12.8 Å². The Hall–Kier alpha value is -0.510.